The Kier molecular flexibility index (Phi) is 6.28. The molecule has 152 valence electrons. The Hall–Kier alpha value is -2.39. The molecule has 1 heterocycles. The number of rotatable bonds is 7. The van der Waals surface area contributed by atoms with E-state index in [0.29, 0.717) is 27.7 Å². The summed E-state index contributed by atoms with van der Waals surface area (Å²) in [6.07, 6.45) is 0.526. The summed E-state index contributed by atoms with van der Waals surface area (Å²) in [4.78, 5) is 15.1. The van der Waals surface area contributed by atoms with Crippen molar-refractivity contribution in [2.75, 3.05) is 0 Å². The minimum Gasteiger partial charge on any atom is -0.481 e. The maximum absolute atomic E-state index is 12.0. The van der Waals surface area contributed by atoms with Gasteiger partial charge < -0.3 is 9.52 Å². The first-order valence-electron chi connectivity index (χ1n) is 8.46. The molecule has 0 aliphatic heterocycles. The summed E-state index contributed by atoms with van der Waals surface area (Å²) in [6.45, 7) is 0. The molecule has 0 bridgehead atoms. The number of aromatic nitrogens is 1. The Balaban J connectivity index is 2.16. The first-order valence-corrected chi connectivity index (χ1v) is 10.8. The van der Waals surface area contributed by atoms with Gasteiger partial charge in [-0.25, -0.2) is 18.5 Å². The van der Waals surface area contributed by atoms with Crippen molar-refractivity contribution in [3.63, 3.8) is 0 Å². The zero-order chi connectivity index (χ0) is 21.2. The van der Waals surface area contributed by atoms with Gasteiger partial charge in [0, 0.05) is 24.0 Å². The predicted octanol–water partition coefficient (Wildman–Crippen LogP) is 4.37. The highest BCUT2D eigenvalue weighted by molar-refractivity contribution is 7.89. The summed E-state index contributed by atoms with van der Waals surface area (Å²) in [5.74, 6) is -0.467. The van der Waals surface area contributed by atoms with Crippen molar-refractivity contribution in [3.8, 4) is 22.6 Å². The van der Waals surface area contributed by atoms with Gasteiger partial charge in [-0.1, -0.05) is 41.4 Å². The van der Waals surface area contributed by atoms with Crippen LogP contribution in [0.15, 0.2) is 51.8 Å². The van der Waals surface area contributed by atoms with Crippen LogP contribution >= 0.6 is 23.2 Å². The molecule has 0 aliphatic carbocycles. The summed E-state index contributed by atoms with van der Waals surface area (Å²) in [6, 6.07) is 11.0. The number of aryl methyl sites for hydroxylation is 1. The molecule has 2 aromatic carbocycles. The molecule has 29 heavy (non-hydrogen) atoms. The average Bonchev–Trinajstić information content (AvgIpc) is 3.07. The number of carboxylic acids is 1. The third-order valence-electron chi connectivity index (χ3n) is 4.08. The molecule has 3 rings (SSSR count). The van der Waals surface area contributed by atoms with E-state index in [1.54, 1.807) is 36.4 Å². The first-order chi connectivity index (χ1) is 13.7. The maximum atomic E-state index is 12.0. The second-order valence-electron chi connectivity index (χ2n) is 6.20. The monoisotopic (exact) mass is 454 g/mol. The number of sulfonamides is 1. The summed E-state index contributed by atoms with van der Waals surface area (Å²) >= 11 is 12.1. The lowest BCUT2D eigenvalue weighted by atomic mass is 10.1. The summed E-state index contributed by atoms with van der Waals surface area (Å²) in [5.41, 5.74) is 1.16. The molecule has 0 aliphatic rings. The lowest BCUT2D eigenvalue weighted by Crippen LogP contribution is -2.13. The Morgan fingerprint density at radius 3 is 2.52 bits per heavy atom. The van der Waals surface area contributed by atoms with E-state index in [9.17, 15) is 13.2 Å². The van der Waals surface area contributed by atoms with E-state index in [1.165, 1.54) is 6.07 Å². The van der Waals surface area contributed by atoms with Gasteiger partial charge in [-0.05, 0) is 30.7 Å². The summed E-state index contributed by atoms with van der Waals surface area (Å²) < 4.78 is 29.9. The van der Waals surface area contributed by atoms with Gasteiger partial charge in [-0.2, -0.15) is 0 Å². The van der Waals surface area contributed by atoms with E-state index in [2.05, 4.69) is 4.98 Å². The van der Waals surface area contributed by atoms with Crippen molar-refractivity contribution in [3.05, 3.63) is 58.4 Å². The second-order valence-corrected chi connectivity index (χ2v) is 8.55. The molecule has 3 N–H and O–H groups in total. The fraction of sp³-hybridized carbons (Fsp3) is 0.158. The van der Waals surface area contributed by atoms with E-state index in [1.807, 2.05) is 0 Å². The van der Waals surface area contributed by atoms with Gasteiger partial charge in [-0.3, -0.25) is 4.79 Å². The zero-order valence-electron chi connectivity index (χ0n) is 14.9. The number of aliphatic carboxylic acids is 1. The van der Waals surface area contributed by atoms with Gasteiger partial charge in [0.15, 0.2) is 11.7 Å². The van der Waals surface area contributed by atoms with Crippen LogP contribution in [0, 0.1) is 0 Å². The molecule has 0 saturated heterocycles. The largest absolute Gasteiger partial charge is 0.481 e. The SMILES string of the molecule is NS(=O)(=O)c1ccccc1-c1oc(CCCC(=O)O)nc1-c1ccc(Cl)c(Cl)c1. The van der Waals surface area contributed by atoms with Crippen LogP contribution in [0.5, 0.6) is 0 Å². The first kappa shape index (κ1) is 21.3. The van der Waals surface area contributed by atoms with Gasteiger partial charge in [0.05, 0.1) is 14.9 Å². The smallest absolute Gasteiger partial charge is 0.303 e. The Labute approximate surface area is 177 Å². The highest BCUT2D eigenvalue weighted by Crippen LogP contribution is 2.38. The van der Waals surface area contributed by atoms with E-state index >= 15 is 0 Å². The van der Waals surface area contributed by atoms with Gasteiger partial charge >= 0.3 is 5.97 Å². The van der Waals surface area contributed by atoms with Crippen molar-refractivity contribution in [2.24, 2.45) is 5.14 Å². The van der Waals surface area contributed by atoms with Gasteiger partial charge in [0.1, 0.15) is 5.69 Å². The van der Waals surface area contributed by atoms with E-state index in [-0.39, 0.29) is 35.0 Å². The minimum atomic E-state index is -4.03. The lowest BCUT2D eigenvalue weighted by molar-refractivity contribution is -0.137. The van der Waals surface area contributed by atoms with Crippen molar-refractivity contribution in [1.82, 2.24) is 4.98 Å². The number of nitrogens with two attached hydrogens (primary N) is 1. The van der Waals surface area contributed by atoms with Crippen molar-refractivity contribution in [2.45, 2.75) is 24.2 Å². The molecular weight excluding hydrogens is 439 g/mol. The quantitative estimate of drug-likeness (QED) is 0.545. The van der Waals surface area contributed by atoms with E-state index in [0.717, 1.165) is 0 Å². The molecule has 1 aromatic heterocycles. The Bertz CT molecular complexity index is 1180. The molecule has 0 radical (unpaired) electrons. The highest BCUT2D eigenvalue weighted by atomic mass is 35.5. The minimum absolute atomic E-state index is 0.0480. The fourth-order valence-corrected chi connectivity index (χ4v) is 3.82. The van der Waals surface area contributed by atoms with Crippen LogP contribution < -0.4 is 5.14 Å². The molecule has 0 amide bonds. The van der Waals surface area contributed by atoms with Gasteiger partial charge in [0.2, 0.25) is 10.0 Å². The number of hydrogen-bond acceptors (Lipinski definition) is 5. The van der Waals surface area contributed by atoms with Crippen LogP contribution in [0.1, 0.15) is 18.7 Å². The summed E-state index contributed by atoms with van der Waals surface area (Å²) in [7, 11) is -4.03. The number of carboxylic acid groups (broad SMARTS) is 1. The zero-order valence-corrected chi connectivity index (χ0v) is 17.3. The molecule has 0 saturated carbocycles. The van der Waals surface area contributed by atoms with Crippen molar-refractivity contribution in [1.29, 1.82) is 0 Å². The van der Waals surface area contributed by atoms with Crippen molar-refractivity contribution >= 4 is 39.2 Å². The molecule has 0 atom stereocenters. The molecule has 0 fully saturated rings. The van der Waals surface area contributed by atoms with Crippen LogP contribution in [0.3, 0.4) is 0 Å². The number of halogens is 2. The standard InChI is InChI=1S/C19H16Cl2N2O5S/c20-13-9-8-11(10-14(13)21)18-19(28-16(23-18)6-3-7-17(24)25)12-4-1-2-5-15(12)29(22,26)27/h1-2,4-5,8-10H,3,6-7H2,(H,24,25)(H2,22,26,27). The summed E-state index contributed by atoms with van der Waals surface area (Å²) in [5, 5.41) is 14.8. The van der Waals surface area contributed by atoms with Crippen LogP contribution in [0.4, 0.5) is 0 Å². The third-order valence-corrected chi connectivity index (χ3v) is 5.79. The normalized spacial score (nSPS) is 11.6. The van der Waals surface area contributed by atoms with Crippen LogP contribution in [-0.2, 0) is 21.2 Å². The maximum Gasteiger partial charge on any atom is 0.303 e. The third kappa shape index (κ3) is 4.97. The predicted molar refractivity (Wildman–Crippen MR) is 109 cm³/mol. The number of oxazole rings is 1. The highest BCUT2D eigenvalue weighted by Gasteiger charge is 2.23. The number of hydrogen-bond donors (Lipinski definition) is 2. The second kappa shape index (κ2) is 8.54. The number of benzene rings is 2. The topological polar surface area (TPSA) is 123 Å². The van der Waals surface area contributed by atoms with Crippen molar-refractivity contribution < 1.29 is 22.7 Å². The number of primary sulfonamides is 1. The molecule has 10 heteroatoms. The fourth-order valence-electron chi connectivity index (χ4n) is 2.79. The Morgan fingerprint density at radius 1 is 1.14 bits per heavy atom. The molecular formula is C19H16Cl2N2O5S. The molecule has 3 aromatic rings. The van der Waals surface area contributed by atoms with Crippen LogP contribution in [-0.4, -0.2) is 24.5 Å². The van der Waals surface area contributed by atoms with Crippen LogP contribution in [0.2, 0.25) is 10.0 Å². The molecule has 0 spiro atoms. The molecule has 7 nitrogen and oxygen atoms in total. The average molecular weight is 455 g/mol. The molecule has 0 unspecified atom stereocenters. The van der Waals surface area contributed by atoms with Gasteiger partial charge in [-0.15, -0.1) is 0 Å². The van der Waals surface area contributed by atoms with E-state index in [4.69, 9.17) is 37.9 Å². The lowest BCUT2D eigenvalue weighted by Gasteiger charge is -2.07. The van der Waals surface area contributed by atoms with Crippen LogP contribution in [0.25, 0.3) is 22.6 Å². The van der Waals surface area contributed by atoms with Gasteiger partial charge in [0.25, 0.3) is 0 Å². The Morgan fingerprint density at radius 2 is 1.86 bits per heavy atom. The number of carbonyl (C=O) groups is 1. The number of nitrogens with zero attached hydrogens (tertiary/aromatic N) is 1. The van der Waals surface area contributed by atoms with E-state index < -0.39 is 16.0 Å².